The molecule has 1 aliphatic heterocycles. The molecule has 1 fully saturated rings. The largest absolute Gasteiger partial charge is 0.341 e. The molecule has 1 aliphatic rings. The normalized spacial score (nSPS) is 21.7. The van der Waals surface area contributed by atoms with Crippen LogP contribution in [0.4, 0.5) is 0 Å². The van der Waals surface area contributed by atoms with E-state index in [0.29, 0.717) is 18.9 Å². The Morgan fingerprint density at radius 1 is 1.47 bits per heavy atom. The molecule has 1 unspecified atom stereocenters. The molecule has 1 amide bonds. The third-order valence-corrected chi connectivity index (χ3v) is 3.21. The molecule has 0 bridgehead atoms. The van der Waals surface area contributed by atoms with E-state index in [1.54, 1.807) is 0 Å². The zero-order chi connectivity index (χ0) is 11.3. The molecule has 0 aliphatic carbocycles. The fraction of sp³-hybridized carbons (Fsp3) is 0.909. The average Bonchev–Trinajstić information content (AvgIpc) is 2.61. The van der Waals surface area contributed by atoms with Gasteiger partial charge >= 0.3 is 0 Å². The van der Waals surface area contributed by atoms with Crippen molar-refractivity contribution in [3.05, 3.63) is 0 Å². The number of amides is 1. The summed E-state index contributed by atoms with van der Waals surface area (Å²) >= 11 is 0. The fourth-order valence-electron chi connectivity index (χ4n) is 2.03. The average molecular weight is 213 g/mol. The van der Waals surface area contributed by atoms with E-state index in [0.717, 1.165) is 32.7 Å². The summed E-state index contributed by atoms with van der Waals surface area (Å²) in [5.41, 5.74) is 5.58. The van der Waals surface area contributed by atoms with Crippen LogP contribution in [0, 0.1) is 5.92 Å². The predicted octanol–water partition coefficient (Wildman–Crippen LogP) is 0.135. The van der Waals surface area contributed by atoms with Crippen LogP contribution in [-0.2, 0) is 4.79 Å². The SMILES string of the molecule is CCN(CC)CCN1CC(CN)CC1=O. The highest BCUT2D eigenvalue weighted by Gasteiger charge is 2.28. The molecule has 0 aromatic rings. The summed E-state index contributed by atoms with van der Waals surface area (Å²) in [5.74, 6) is 0.659. The Morgan fingerprint density at radius 3 is 2.60 bits per heavy atom. The number of rotatable bonds is 6. The van der Waals surface area contributed by atoms with Crippen LogP contribution in [0.15, 0.2) is 0 Å². The van der Waals surface area contributed by atoms with E-state index in [1.165, 1.54) is 0 Å². The number of likely N-dealkylation sites (N-methyl/N-ethyl adjacent to an activating group) is 1. The summed E-state index contributed by atoms with van der Waals surface area (Å²) in [6.07, 6.45) is 0.648. The zero-order valence-electron chi connectivity index (χ0n) is 9.91. The van der Waals surface area contributed by atoms with Crippen molar-refractivity contribution in [2.24, 2.45) is 11.7 Å². The highest BCUT2D eigenvalue weighted by molar-refractivity contribution is 5.78. The molecule has 2 N–H and O–H groups in total. The maximum absolute atomic E-state index is 11.6. The van der Waals surface area contributed by atoms with Gasteiger partial charge in [-0.1, -0.05) is 13.8 Å². The molecule has 1 heterocycles. The lowest BCUT2D eigenvalue weighted by atomic mass is 10.1. The summed E-state index contributed by atoms with van der Waals surface area (Å²) in [6, 6.07) is 0. The van der Waals surface area contributed by atoms with Crippen molar-refractivity contribution >= 4 is 5.91 Å². The first kappa shape index (κ1) is 12.5. The monoisotopic (exact) mass is 213 g/mol. The molecule has 0 spiro atoms. The molecule has 0 saturated carbocycles. The van der Waals surface area contributed by atoms with Crippen molar-refractivity contribution in [3.63, 3.8) is 0 Å². The molecule has 1 saturated heterocycles. The highest BCUT2D eigenvalue weighted by Crippen LogP contribution is 2.15. The Kier molecular flexibility index (Phi) is 5.05. The van der Waals surface area contributed by atoms with E-state index >= 15 is 0 Å². The molecule has 0 aromatic heterocycles. The summed E-state index contributed by atoms with van der Waals surface area (Å²) in [5, 5.41) is 0. The maximum atomic E-state index is 11.6. The molecule has 1 rings (SSSR count). The lowest BCUT2D eigenvalue weighted by Crippen LogP contribution is -2.36. The van der Waals surface area contributed by atoms with Gasteiger partial charge in [-0.2, -0.15) is 0 Å². The number of carbonyl (C=O) groups is 1. The topological polar surface area (TPSA) is 49.6 Å². The minimum absolute atomic E-state index is 0.276. The van der Waals surface area contributed by atoms with Gasteiger partial charge in [-0.25, -0.2) is 0 Å². The number of hydrogen-bond acceptors (Lipinski definition) is 3. The Hall–Kier alpha value is -0.610. The van der Waals surface area contributed by atoms with Gasteiger partial charge < -0.3 is 15.5 Å². The second-order valence-electron chi connectivity index (χ2n) is 4.17. The van der Waals surface area contributed by atoms with Crippen molar-refractivity contribution in [1.29, 1.82) is 0 Å². The van der Waals surface area contributed by atoms with Crippen LogP contribution >= 0.6 is 0 Å². The van der Waals surface area contributed by atoms with Gasteiger partial charge in [-0.3, -0.25) is 4.79 Å². The molecular weight excluding hydrogens is 190 g/mol. The van der Waals surface area contributed by atoms with Gasteiger partial charge in [0.15, 0.2) is 0 Å². The third kappa shape index (κ3) is 3.47. The van der Waals surface area contributed by atoms with E-state index in [1.807, 2.05) is 4.90 Å². The van der Waals surface area contributed by atoms with Crippen molar-refractivity contribution in [3.8, 4) is 0 Å². The van der Waals surface area contributed by atoms with Crippen molar-refractivity contribution in [2.45, 2.75) is 20.3 Å². The first-order chi connectivity index (χ1) is 7.21. The van der Waals surface area contributed by atoms with Crippen LogP contribution in [0.5, 0.6) is 0 Å². The number of carbonyl (C=O) groups excluding carboxylic acids is 1. The van der Waals surface area contributed by atoms with Gasteiger partial charge in [0.25, 0.3) is 0 Å². The Morgan fingerprint density at radius 2 is 2.13 bits per heavy atom. The van der Waals surface area contributed by atoms with Crippen LogP contribution in [0.25, 0.3) is 0 Å². The highest BCUT2D eigenvalue weighted by atomic mass is 16.2. The molecule has 4 heteroatoms. The van der Waals surface area contributed by atoms with E-state index in [4.69, 9.17) is 5.73 Å². The van der Waals surface area contributed by atoms with Gasteiger partial charge in [-0.05, 0) is 25.6 Å². The van der Waals surface area contributed by atoms with Gasteiger partial charge in [0, 0.05) is 26.1 Å². The van der Waals surface area contributed by atoms with Gasteiger partial charge in [0.1, 0.15) is 0 Å². The second kappa shape index (κ2) is 6.08. The van der Waals surface area contributed by atoms with E-state index in [2.05, 4.69) is 18.7 Å². The van der Waals surface area contributed by atoms with Crippen LogP contribution in [0.2, 0.25) is 0 Å². The quantitative estimate of drug-likeness (QED) is 0.682. The lowest BCUT2D eigenvalue weighted by molar-refractivity contribution is -0.127. The number of nitrogens with two attached hydrogens (primary N) is 1. The number of likely N-dealkylation sites (tertiary alicyclic amines) is 1. The van der Waals surface area contributed by atoms with Gasteiger partial charge in [0.2, 0.25) is 5.91 Å². The number of hydrogen-bond donors (Lipinski definition) is 1. The Bertz CT molecular complexity index is 204. The summed E-state index contributed by atoms with van der Waals surface area (Å²) in [4.78, 5) is 15.9. The molecule has 4 nitrogen and oxygen atoms in total. The zero-order valence-corrected chi connectivity index (χ0v) is 9.91. The van der Waals surface area contributed by atoms with E-state index in [-0.39, 0.29) is 5.91 Å². The van der Waals surface area contributed by atoms with E-state index in [9.17, 15) is 4.79 Å². The minimum Gasteiger partial charge on any atom is -0.341 e. The van der Waals surface area contributed by atoms with Crippen molar-refractivity contribution in [1.82, 2.24) is 9.80 Å². The molecular formula is C11H23N3O. The Labute approximate surface area is 92.4 Å². The molecule has 88 valence electrons. The van der Waals surface area contributed by atoms with E-state index < -0.39 is 0 Å². The fourth-order valence-corrected chi connectivity index (χ4v) is 2.03. The molecule has 15 heavy (non-hydrogen) atoms. The van der Waals surface area contributed by atoms with Gasteiger partial charge in [0.05, 0.1) is 0 Å². The van der Waals surface area contributed by atoms with Crippen LogP contribution < -0.4 is 5.73 Å². The smallest absolute Gasteiger partial charge is 0.223 e. The summed E-state index contributed by atoms with van der Waals surface area (Å²) in [6.45, 7) is 9.74. The molecule has 0 radical (unpaired) electrons. The summed E-state index contributed by atoms with van der Waals surface area (Å²) < 4.78 is 0. The first-order valence-corrected chi connectivity index (χ1v) is 5.91. The van der Waals surface area contributed by atoms with Crippen LogP contribution in [-0.4, -0.2) is 55.0 Å². The predicted molar refractivity (Wildman–Crippen MR) is 61.5 cm³/mol. The molecule has 0 aromatic carbocycles. The van der Waals surface area contributed by atoms with Crippen LogP contribution in [0.1, 0.15) is 20.3 Å². The maximum Gasteiger partial charge on any atom is 0.223 e. The minimum atomic E-state index is 0.276. The Balaban J connectivity index is 2.30. The third-order valence-electron chi connectivity index (χ3n) is 3.21. The van der Waals surface area contributed by atoms with Crippen molar-refractivity contribution < 1.29 is 4.79 Å². The lowest BCUT2D eigenvalue weighted by Gasteiger charge is -2.22. The summed E-state index contributed by atoms with van der Waals surface area (Å²) in [7, 11) is 0. The van der Waals surface area contributed by atoms with Crippen molar-refractivity contribution in [2.75, 3.05) is 39.3 Å². The van der Waals surface area contributed by atoms with Gasteiger partial charge in [-0.15, -0.1) is 0 Å². The van der Waals surface area contributed by atoms with Crippen LogP contribution in [0.3, 0.4) is 0 Å². The molecule has 1 atom stereocenters. The second-order valence-corrected chi connectivity index (χ2v) is 4.17. The standard InChI is InChI=1S/C11H23N3O/c1-3-13(4-2)5-6-14-9-10(8-12)7-11(14)15/h10H,3-9,12H2,1-2H3. The first-order valence-electron chi connectivity index (χ1n) is 5.91. The number of nitrogens with zero attached hydrogens (tertiary/aromatic N) is 2.